The molecule has 1 fully saturated rings. The van der Waals surface area contributed by atoms with Gasteiger partial charge in [-0.05, 0) is 63.2 Å². The number of phenolic OH excluding ortho intramolecular Hbond substituents is 1. The number of allylic oxidation sites excluding steroid dienone is 1. The molecule has 3 aliphatic heterocycles. The minimum absolute atomic E-state index is 0.0610. The average molecular weight is 500 g/mol. The van der Waals surface area contributed by atoms with E-state index in [9.17, 15) is 14.7 Å². The van der Waals surface area contributed by atoms with Crippen LogP contribution in [0.5, 0.6) is 17.2 Å². The Labute approximate surface area is 208 Å². The highest BCUT2D eigenvalue weighted by Gasteiger charge is 2.33. The summed E-state index contributed by atoms with van der Waals surface area (Å²) in [5.41, 5.74) is 2.36. The molecular weight excluding hydrogens is 474 g/mol. The number of nitrogens with zero attached hydrogens (tertiary/aromatic N) is 1. The molecule has 35 heavy (non-hydrogen) atoms. The Balaban J connectivity index is 1.37. The summed E-state index contributed by atoms with van der Waals surface area (Å²) < 4.78 is 22.1. The van der Waals surface area contributed by atoms with Gasteiger partial charge in [-0.2, -0.15) is 0 Å². The van der Waals surface area contributed by atoms with Gasteiger partial charge in [-0.25, -0.2) is 0 Å². The molecule has 2 aromatic carbocycles. The predicted octanol–water partition coefficient (Wildman–Crippen LogP) is 4.30. The Morgan fingerprint density at radius 2 is 2.06 bits per heavy atom. The van der Waals surface area contributed by atoms with E-state index >= 15 is 0 Å². The molecule has 9 heteroatoms. The third kappa shape index (κ3) is 4.74. The molecule has 0 amide bonds. The van der Waals surface area contributed by atoms with E-state index in [4.69, 9.17) is 30.5 Å². The van der Waals surface area contributed by atoms with Gasteiger partial charge in [0.1, 0.15) is 17.2 Å². The zero-order valence-electron chi connectivity index (χ0n) is 19.3. The molecule has 0 spiro atoms. The number of hydrogen-bond acceptors (Lipinski definition) is 8. The number of aromatic hydroxyl groups is 1. The maximum absolute atomic E-state index is 13.2. The number of benzene rings is 2. The van der Waals surface area contributed by atoms with Gasteiger partial charge in [0.2, 0.25) is 5.78 Å². The van der Waals surface area contributed by atoms with E-state index in [1.165, 1.54) is 6.07 Å². The van der Waals surface area contributed by atoms with Crippen LogP contribution in [0.3, 0.4) is 0 Å². The van der Waals surface area contributed by atoms with E-state index in [2.05, 4.69) is 4.90 Å². The third-order valence-corrected chi connectivity index (χ3v) is 6.71. The lowest BCUT2D eigenvalue weighted by molar-refractivity contribution is -0.149. The second-order valence-corrected chi connectivity index (χ2v) is 9.21. The number of esters is 1. The number of rotatable bonds is 5. The van der Waals surface area contributed by atoms with Gasteiger partial charge >= 0.3 is 5.97 Å². The normalized spacial score (nSPS) is 19.1. The molecule has 0 aromatic heterocycles. The van der Waals surface area contributed by atoms with Crippen LogP contribution >= 0.6 is 11.6 Å². The fraction of sp³-hybridized carbons (Fsp3) is 0.385. The van der Waals surface area contributed by atoms with E-state index in [0.29, 0.717) is 78.9 Å². The lowest BCUT2D eigenvalue weighted by atomic mass is 9.96. The molecule has 1 saturated heterocycles. The van der Waals surface area contributed by atoms with Crippen molar-refractivity contribution in [2.45, 2.75) is 32.9 Å². The van der Waals surface area contributed by atoms with Crippen molar-refractivity contribution in [1.82, 2.24) is 4.90 Å². The summed E-state index contributed by atoms with van der Waals surface area (Å²) in [7, 11) is 0. The topological polar surface area (TPSA) is 94.5 Å². The van der Waals surface area contributed by atoms with Crippen molar-refractivity contribution in [3.05, 3.63) is 57.3 Å². The minimum Gasteiger partial charge on any atom is -0.507 e. The van der Waals surface area contributed by atoms with Crippen LogP contribution in [0.1, 0.15) is 46.8 Å². The Kier molecular flexibility index (Phi) is 6.69. The van der Waals surface area contributed by atoms with Crippen molar-refractivity contribution in [2.75, 3.05) is 26.5 Å². The number of carbonyl (C=O) groups excluding carboxylic acids is 2. The second-order valence-electron chi connectivity index (χ2n) is 8.78. The van der Waals surface area contributed by atoms with Crippen LogP contribution in [0.15, 0.2) is 30.0 Å². The molecule has 8 nitrogen and oxygen atoms in total. The van der Waals surface area contributed by atoms with Gasteiger partial charge < -0.3 is 24.1 Å². The number of hydrogen-bond donors (Lipinski definition) is 1. The second kappa shape index (κ2) is 9.89. The molecule has 0 radical (unpaired) electrons. The fourth-order valence-electron chi connectivity index (χ4n) is 4.72. The van der Waals surface area contributed by atoms with Crippen LogP contribution in [0.25, 0.3) is 6.08 Å². The summed E-state index contributed by atoms with van der Waals surface area (Å²) in [6.07, 6.45) is 2.98. The number of piperidine rings is 1. The standard InChI is InChI=1S/C26H26ClNO7/c1-2-33-26(31)15-5-7-28(8-6-15)12-20-21(29)4-3-19-23(30)22(35-25(19)20)11-16-9-18(27)10-17-13-32-14-34-24(16)17/h3-4,9-11,15,29H,2,5-8,12-14H2,1H3/b22-11+. The molecule has 0 aliphatic carbocycles. The maximum Gasteiger partial charge on any atom is 0.309 e. The van der Waals surface area contributed by atoms with Crippen LogP contribution in [0.2, 0.25) is 5.02 Å². The van der Waals surface area contributed by atoms with E-state index in [-0.39, 0.29) is 36.0 Å². The Morgan fingerprint density at radius 3 is 2.83 bits per heavy atom. The lowest BCUT2D eigenvalue weighted by Crippen LogP contribution is -2.36. The molecule has 0 bridgehead atoms. The maximum atomic E-state index is 13.2. The zero-order chi connectivity index (χ0) is 24.5. The molecule has 3 aliphatic rings. The minimum atomic E-state index is -0.275. The number of Topliss-reactive ketones (excluding diaryl/α,β-unsaturated/α-hetero) is 1. The van der Waals surface area contributed by atoms with Crippen molar-refractivity contribution in [2.24, 2.45) is 5.92 Å². The first-order valence-electron chi connectivity index (χ1n) is 11.7. The molecule has 0 atom stereocenters. The Bertz CT molecular complexity index is 1200. The molecule has 184 valence electrons. The average Bonchev–Trinajstić information content (AvgIpc) is 3.16. The van der Waals surface area contributed by atoms with Crippen molar-refractivity contribution in [1.29, 1.82) is 0 Å². The van der Waals surface area contributed by atoms with E-state index < -0.39 is 0 Å². The fourth-order valence-corrected chi connectivity index (χ4v) is 4.97. The smallest absolute Gasteiger partial charge is 0.309 e. The van der Waals surface area contributed by atoms with Gasteiger partial charge in [0.25, 0.3) is 0 Å². The third-order valence-electron chi connectivity index (χ3n) is 6.50. The highest BCUT2D eigenvalue weighted by Crippen LogP contribution is 2.42. The first-order valence-corrected chi connectivity index (χ1v) is 12.0. The number of fused-ring (bicyclic) bond motifs is 2. The summed E-state index contributed by atoms with van der Waals surface area (Å²) in [5, 5.41) is 11.1. The van der Waals surface area contributed by atoms with E-state index in [1.807, 2.05) is 0 Å². The lowest BCUT2D eigenvalue weighted by Gasteiger charge is -2.31. The largest absolute Gasteiger partial charge is 0.507 e. The summed E-state index contributed by atoms with van der Waals surface area (Å²) in [6.45, 7) is 4.42. The van der Waals surface area contributed by atoms with Crippen molar-refractivity contribution in [3.63, 3.8) is 0 Å². The molecule has 1 N–H and O–H groups in total. The molecule has 5 rings (SSSR count). The van der Waals surface area contributed by atoms with Gasteiger partial charge in [0, 0.05) is 22.7 Å². The molecule has 3 heterocycles. The monoisotopic (exact) mass is 499 g/mol. The van der Waals surface area contributed by atoms with Crippen molar-refractivity contribution < 1.29 is 33.6 Å². The summed E-state index contributed by atoms with van der Waals surface area (Å²) in [4.78, 5) is 27.3. The van der Waals surface area contributed by atoms with Gasteiger partial charge in [-0.1, -0.05) is 11.6 Å². The first-order chi connectivity index (χ1) is 16.9. The van der Waals surface area contributed by atoms with Crippen LogP contribution in [0.4, 0.5) is 0 Å². The number of likely N-dealkylation sites (tertiary alicyclic amines) is 1. The van der Waals surface area contributed by atoms with Crippen molar-refractivity contribution >= 4 is 29.4 Å². The number of phenols is 1. The van der Waals surface area contributed by atoms with Crippen LogP contribution in [0, 0.1) is 5.92 Å². The summed E-state index contributed by atoms with van der Waals surface area (Å²) >= 11 is 6.26. The molecular formula is C26H26ClNO7. The molecule has 0 saturated carbocycles. The van der Waals surface area contributed by atoms with Gasteiger partial charge in [-0.15, -0.1) is 0 Å². The summed E-state index contributed by atoms with van der Waals surface area (Å²) in [6, 6.07) is 6.57. The SMILES string of the molecule is CCOC(=O)C1CCN(Cc2c(O)ccc3c2O/C(=C/c2cc(Cl)cc4c2OCOC4)C3=O)CC1. The first kappa shape index (κ1) is 23.7. The number of ether oxygens (including phenoxy) is 4. The predicted molar refractivity (Wildman–Crippen MR) is 127 cm³/mol. The molecule has 0 unspecified atom stereocenters. The molecule has 2 aromatic rings. The number of halogens is 1. The Morgan fingerprint density at radius 1 is 1.26 bits per heavy atom. The highest BCUT2D eigenvalue weighted by molar-refractivity contribution is 6.31. The number of carbonyl (C=O) groups is 2. The Hall–Kier alpha value is -3.07. The zero-order valence-corrected chi connectivity index (χ0v) is 20.1. The van der Waals surface area contributed by atoms with Crippen molar-refractivity contribution in [3.8, 4) is 17.2 Å². The summed E-state index contributed by atoms with van der Waals surface area (Å²) in [5.74, 6) is 0.617. The van der Waals surface area contributed by atoms with Gasteiger partial charge in [0.05, 0.1) is 30.3 Å². The van der Waals surface area contributed by atoms with E-state index in [0.717, 1.165) is 5.56 Å². The van der Waals surface area contributed by atoms with Crippen LogP contribution < -0.4 is 9.47 Å². The van der Waals surface area contributed by atoms with Gasteiger partial charge in [-0.3, -0.25) is 14.5 Å². The van der Waals surface area contributed by atoms with Crippen LogP contribution in [-0.4, -0.2) is 48.2 Å². The number of ketones is 1. The quantitative estimate of drug-likeness (QED) is 0.480. The van der Waals surface area contributed by atoms with E-state index in [1.54, 1.807) is 31.2 Å². The highest BCUT2D eigenvalue weighted by atomic mass is 35.5. The van der Waals surface area contributed by atoms with Gasteiger partial charge in [0.15, 0.2) is 12.6 Å². The van der Waals surface area contributed by atoms with Crippen LogP contribution in [-0.2, 0) is 27.4 Å².